The van der Waals surface area contributed by atoms with E-state index in [0.29, 0.717) is 36.8 Å². The highest BCUT2D eigenvalue weighted by Gasteiger charge is 2.31. The number of aromatic nitrogens is 2. The van der Waals surface area contributed by atoms with E-state index in [2.05, 4.69) is 4.98 Å². The number of amides is 1. The molecule has 1 fully saturated rings. The molecule has 0 saturated carbocycles. The molecule has 2 unspecified atom stereocenters. The van der Waals surface area contributed by atoms with Crippen molar-refractivity contribution in [1.82, 2.24) is 14.5 Å². The molecule has 1 aliphatic rings. The van der Waals surface area contributed by atoms with Crippen LogP contribution in [0.1, 0.15) is 42.1 Å². The number of nitrogens with zero attached hydrogens (tertiary/aromatic N) is 3. The van der Waals surface area contributed by atoms with Gasteiger partial charge in [-0.2, -0.15) is 0 Å². The molecule has 2 heterocycles. The van der Waals surface area contributed by atoms with Gasteiger partial charge in [-0.1, -0.05) is 6.07 Å². The first-order valence-electron chi connectivity index (χ1n) is 8.77. The second-order valence-corrected chi connectivity index (χ2v) is 6.46. The molecular weight excluding hydrogens is 318 g/mol. The van der Waals surface area contributed by atoms with Crippen LogP contribution in [0.25, 0.3) is 0 Å². The highest BCUT2D eigenvalue weighted by Crippen LogP contribution is 2.29. The van der Waals surface area contributed by atoms with Gasteiger partial charge in [-0.25, -0.2) is 4.98 Å². The van der Waals surface area contributed by atoms with Gasteiger partial charge in [-0.3, -0.25) is 4.79 Å². The maximum atomic E-state index is 12.8. The van der Waals surface area contributed by atoms with Crippen molar-refractivity contribution in [2.75, 3.05) is 19.7 Å². The molecule has 2 aromatic rings. The summed E-state index contributed by atoms with van der Waals surface area (Å²) in [5.41, 5.74) is 0.623. The topological polar surface area (TPSA) is 67.6 Å². The van der Waals surface area contributed by atoms with E-state index in [9.17, 15) is 9.90 Å². The lowest BCUT2D eigenvalue weighted by Crippen LogP contribution is -2.42. The number of carbonyl (C=O) groups excluding carboxylic acids is 1. The third kappa shape index (κ3) is 3.85. The number of hydrogen-bond donors (Lipinski definition) is 1. The van der Waals surface area contributed by atoms with Gasteiger partial charge in [0.1, 0.15) is 17.7 Å². The van der Waals surface area contributed by atoms with Crippen molar-refractivity contribution in [3.63, 3.8) is 0 Å². The number of likely N-dealkylation sites (tertiary alicyclic amines) is 1. The van der Waals surface area contributed by atoms with Crippen LogP contribution in [0.4, 0.5) is 0 Å². The molecule has 134 valence electrons. The van der Waals surface area contributed by atoms with Crippen molar-refractivity contribution in [3.05, 3.63) is 48.0 Å². The quantitative estimate of drug-likeness (QED) is 0.905. The Morgan fingerprint density at radius 2 is 2.32 bits per heavy atom. The number of benzene rings is 1. The standard InChI is InChI=1S/C19H25N3O3/c1-3-25-16-8-4-6-14(12-16)19(24)22-10-5-7-15(13-22)17(23)18-20-9-11-21(18)2/h4,6,8-9,11-12,15,17,23H,3,5,7,10,13H2,1-2H3. The Balaban J connectivity index is 1.71. The number of aliphatic hydroxyl groups is 1. The zero-order valence-electron chi connectivity index (χ0n) is 14.8. The number of piperidine rings is 1. The van der Waals surface area contributed by atoms with Crippen LogP contribution in [0, 0.1) is 5.92 Å². The van der Waals surface area contributed by atoms with Crippen LogP contribution in [-0.4, -0.2) is 45.2 Å². The van der Waals surface area contributed by atoms with Crippen LogP contribution in [-0.2, 0) is 7.05 Å². The van der Waals surface area contributed by atoms with Crippen molar-refractivity contribution < 1.29 is 14.6 Å². The van der Waals surface area contributed by atoms with Gasteiger partial charge < -0.3 is 19.3 Å². The Hall–Kier alpha value is -2.34. The lowest BCUT2D eigenvalue weighted by atomic mass is 9.91. The second kappa shape index (κ2) is 7.70. The van der Waals surface area contributed by atoms with Crippen LogP contribution in [0.2, 0.25) is 0 Å². The fraction of sp³-hybridized carbons (Fsp3) is 0.474. The maximum absolute atomic E-state index is 12.8. The number of ether oxygens (including phenoxy) is 1. The second-order valence-electron chi connectivity index (χ2n) is 6.46. The summed E-state index contributed by atoms with van der Waals surface area (Å²) in [5, 5.41) is 10.7. The van der Waals surface area contributed by atoms with E-state index in [4.69, 9.17) is 4.74 Å². The van der Waals surface area contributed by atoms with Crippen molar-refractivity contribution in [3.8, 4) is 5.75 Å². The molecule has 0 bridgehead atoms. The van der Waals surface area contributed by atoms with Gasteiger partial charge >= 0.3 is 0 Å². The Morgan fingerprint density at radius 3 is 3.04 bits per heavy atom. The molecule has 6 nitrogen and oxygen atoms in total. The minimum absolute atomic E-state index is 0.00567. The molecule has 0 spiro atoms. The Kier molecular flexibility index (Phi) is 5.38. The molecule has 1 aromatic heterocycles. The van der Waals surface area contributed by atoms with E-state index in [1.165, 1.54) is 0 Å². The first kappa shape index (κ1) is 17.5. The summed E-state index contributed by atoms with van der Waals surface area (Å²) in [6.07, 6.45) is 4.61. The molecule has 6 heteroatoms. The number of aryl methyl sites for hydroxylation is 1. The van der Waals surface area contributed by atoms with Crippen LogP contribution in [0.15, 0.2) is 36.7 Å². The number of imidazole rings is 1. The van der Waals surface area contributed by atoms with Gasteiger partial charge in [-0.15, -0.1) is 0 Å². The van der Waals surface area contributed by atoms with Gasteiger partial charge in [0, 0.05) is 44.0 Å². The highest BCUT2D eigenvalue weighted by molar-refractivity contribution is 5.94. The summed E-state index contributed by atoms with van der Waals surface area (Å²) < 4.78 is 7.31. The van der Waals surface area contributed by atoms with E-state index in [0.717, 1.165) is 12.8 Å². The van der Waals surface area contributed by atoms with Crippen LogP contribution in [0.3, 0.4) is 0 Å². The number of rotatable bonds is 5. The molecule has 0 aliphatic carbocycles. The third-order valence-corrected chi connectivity index (χ3v) is 4.71. The monoisotopic (exact) mass is 343 g/mol. The van der Waals surface area contributed by atoms with Crippen LogP contribution >= 0.6 is 0 Å². The van der Waals surface area contributed by atoms with Gasteiger partial charge in [0.15, 0.2) is 0 Å². The van der Waals surface area contributed by atoms with Gasteiger partial charge in [0.2, 0.25) is 0 Å². The summed E-state index contributed by atoms with van der Waals surface area (Å²) in [6.45, 7) is 3.73. The maximum Gasteiger partial charge on any atom is 0.253 e. The van der Waals surface area contributed by atoms with Crippen molar-refractivity contribution in [2.45, 2.75) is 25.9 Å². The summed E-state index contributed by atoms with van der Waals surface area (Å²) in [4.78, 5) is 18.9. The zero-order chi connectivity index (χ0) is 17.8. The van der Waals surface area contributed by atoms with E-state index >= 15 is 0 Å². The largest absolute Gasteiger partial charge is 0.494 e. The minimum atomic E-state index is -0.662. The first-order valence-corrected chi connectivity index (χ1v) is 8.77. The summed E-state index contributed by atoms with van der Waals surface area (Å²) in [6, 6.07) is 7.28. The number of aliphatic hydroxyl groups excluding tert-OH is 1. The Labute approximate surface area is 148 Å². The van der Waals surface area contributed by atoms with Gasteiger partial charge in [-0.05, 0) is 38.0 Å². The van der Waals surface area contributed by atoms with Crippen LogP contribution < -0.4 is 4.74 Å². The lowest BCUT2D eigenvalue weighted by Gasteiger charge is -2.35. The van der Waals surface area contributed by atoms with Crippen molar-refractivity contribution in [2.24, 2.45) is 13.0 Å². The van der Waals surface area contributed by atoms with Crippen molar-refractivity contribution in [1.29, 1.82) is 0 Å². The molecular formula is C19H25N3O3. The molecule has 3 rings (SSSR count). The predicted octanol–water partition coefficient (Wildman–Crippen LogP) is 2.40. The third-order valence-electron chi connectivity index (χ3n) is 4.71. The predicted molar refractivity (Wildman–Crippen MR) is 94.4 cm³/mol. The van der Waals surface area contributed by atoms with Gasteiger partial charge in [0.25, 0.3) is 5.91 Å². The Morgan fingerprint density at radius 1 is 1.48 bits per heavy atom. The SMILES string of the molecule is CCOc1cccc(C(=O)N2CCCC(C(O)c3nccn3C)C2)c1. The van der Waals surface area contributed by atoms with Crippen LogP contribution in [0.5, 0.6) is 5.75 Å². The highest BCUT2D eigenvalue weighted by atomic mass is 16.5. The lowest BCUT2D eigenvalue weighted by molar-refractivity contribution is 0.0358. The average molecular weight is 343 g/mol. The summed E-state index contributed by atoms with van der Waals surface area (Å²) in [5.74, 6) is 1.33. The number of hydrogen-bond acceptors (Lipinski definition) is 4. The molecule has 2 atom stereocenters. The summed E-state index contributed by atoms with van der Waals surface area (Å²) in [7, 11) is 1.87. The number of carbonyl (C=O) groups is 1. The van der Waals surface area contributed by atoms with E-state index < -0.39 is 6.10 Å². The van der Waals surface area contributed by atoms with E-state index in [1.807, 2.05) is 47.8 Å². The molecule has 0 radical (unpaired) electrons. The minimum Gasteiger partial charge on any atom is -0.494 e. The fourth-order valence-electron chi connectivity index (χ4n) is 3.39. The van der Waals surface area contributed by atoms with E-state index in [1.54, 1.807) is 12.3 Å². The molecule has 1 saturated heterocycles. The molecule has 1 aliphatic heterocycles. The van der Waals surface area contributed by atoms with Gasteiger partial charge in [0.05, 0.1) is 6.61 Å². The average Bonchev–Trinajstić information content (AvgIpc) is 3.07. The smallest absolute Gasteiger partial charge is 0.253 e. The van der Waals surface area contributed by atoms with E-state index in [-0.39, 0.29) is 11.8 Å². The first-order chi connectivity index (χ1) is 12.1. The zero-order valence-corrected chi connectivity index (χ0v) is 14.8. The summed E-state index contributed by atoms with van der Waals surface area (Å²) >= 11 is 0. The Bertz CT molecular complexity index is 728. The molecule has 1 aromatic carbocycles. The fourth-order valence-corrected chi connectivity index (χ4v) is 3.39. The molecule has 1 N–H and O–H groups in total. The molecule has 25 heavy (non-hydrogen) atoms. The van der Waals surface area contributed by atoms with Crippen molar-refractivity contribution >= 4 is 5.91 Å². The normalized spacial score (nSPS) is 18.8. The molecule has 1 amide bonds.